The lowest BCUT2D eigenvalue weighted by Gasteiger charge is -2.15. The Morgan fingerprint density at radius 2 is 2.00 bits per heavy atom. The molecule has 0 spiro atoms. The molecule has 1 fully saturated rings. The zero-order valence-corrected chi connectivity index (χ0v) is 14.8. The molecule has 1 aliphatic carbocycles. The molecule has 0 saturated heterocycles. The Balaban J connectivity index is 1.82. The number of anilines is 1. The number of ether oxygens (including phenoxy) is 2. The number of halogens is 3. The van der Waals surface area contributed by atoms with Crippen LogP contribution in [0.3, 0.4) is 0 Å². The highest BCUT2D eigenvalue weighted by atomic mass is 19.4. The highest BCUT2D eigenvalue weighted by Crippen LogP contribution is 2.35. The van der Waals surface area contributed by atoms with Crippen molar-refractivity contribution >= 4 is 11.7 Å². The number of amides is 2. The van der Waals surface area contributed by atoms with Crippen LogP contribution in [0.2, 0.25) is 0 Å². The average molecular weight is 374 g/mol. The second kappa shape index (κ2) is 9.66. The molecule has 1 aliphatic rings. The van der Waals surface area contributed by atoms with Crippen LogP contribution in [-0.2, 0) is 10.9 Å². The van der Waals surface area contributed by atoms with E-state index in [1.165, 1.54) is 18.9 Å². The predicted octanol–water partition coefficient (Wildman–Crippen LogP) is 4.57. The normalized spacial score (nSPS) is 15.1. The van der Waals surface area contributed by atoms with E-state index in [0.717, 1.165) is 25.0 Å². The fraction of sp³-hybridized carbons (Fsp3) is 0.611. The summed E-state index contributed by atoms with van der Waals surface area (Å²) in [5.41, 5.74) is -0.859. The van der Waals surface area contributed by atoms with Crippen LogP contribution < -0.4 is 15.4 Å². The summed E-state index contributed by atoms with van der Waals surface area (Å²) in [6, 6.07) is 2.42. The molecule has 8 heteroatoms. The van der Waals surface area contributed by atoms with Gasteiger partial charge in [0.15, 0.2) is 0 Å². The molecule has 2 rings (SSSR count). The third-order valence-electron chi connectivity index (χ3n) is 4.12. The van der Waals surface area contributed by atoms with Crippen molar-refractivity contribution in [1.29, 1.82) is 0 Å². The van der Waals surface area contributed by atoms with Crippen molar-refractivity contribution in [2.75, 3.05) is 25.1 Å². The van der Waals surface area contributed by atoms with Crippen molar-refractivity contribution < 1.29 is 27.4 Å². The molecule has 0 aliphatic heterocycles. The molecule has 5 nitrogen and oxygen atoms in total. The quantitative estimate of drug-likeness (QED) is 0.655. The largest absolute Gasteiger partial charge is 0.492 e. The van der Waals surface area contributed by atoms with E-state index in [1.54, 1.807) is 6.92 Å². The van der Waals surface area contributed by atoms with E-state index >= 15 is 0 Å². The lowest BCUT2D eigenvalue weighted by Crippen LogP contribution is -2.30. The SMILES string of the molecule is CCOc1ccc(C(F)(F)F)cc1NC(=O)NCCCOC1CCCC1. The van der Waals surface area contributed by atoms with E-state index in [4.69, 9.17) is 9.47 Å². The smallest absolute Gasteiger partial charge is 0.416 e. The van der Waals surface area contributed by atoms with Gasteiger partial charge in [0.25, 0.3) is 0 Å². The molecule has 0 bridgehead atoms. The van der Waals surface area contributed by atoms with E-state index in [9.17, 15) is 18.0 Å². The summed E-state index contributed by atoms with van der Waals surface area (Å²) in [4.78, 5) is 11.9. The fourth-order valence-electron chi connectivity index (χ4n) is 2.83. The van der Waals surface area contributed by atoms with Gasteiger partial charge in [0.1, 0.15) is 5.75 Å². The minimum absolute atomic E-state index is 0.0126. The Morgan fingerprint density at radius 1 is 1.27 bits per heavy atom. The van der Waals surface area contributed by atoms with Crippen LogP contribution in [0, 0.1) is 0 Å². The van der Waals surface area contributed by atoms with Gasteiger partial charge in [-0.1, -0.05) is 12.8 Å². The molecule has 2 N–H and O–H groups in total. The van der Waals surface area contributed by atoms with Gasteiger partial charge in [0, 0.05) is 13.2 Å². The number of urea groups is 1. The summed E-state index contributed by atoms with van der Waals surface area (Å²) in [7, 11) is 0. The topological polar surface area (TPSA) is 59.6 Å². The van der Waals surface area contributed by atoms with E-state index < -0.39 is 17.8 Å². The predicted molar refractivity (Wildman–Crippen MR) is 92.5 cm³/mol. The van der Waals surface area contributed by atoms with Crippen molar-refractivity contribution in [2.24, 2.45) is 0 Å². The van der Waals surface area contributed by atoms with Crippen molar-refractivity contribution in [2.45, 2.75) is 51.3 Å². The highest BCUT2D eigenvalue weighted by Gasteiger charge is 2.31. The monoisotopic (exact) mass is 374 g/mol. The minimum atomic E-state index is -4.49. The summed E-state index contributed by atoms with van der Waals surface area (Å²) < 4.78 is 49.5. The number of hydrogen-bond acceptors (Lipinski definition) is 3. The van der Waals surface area contributed by atoms with Gasteiger partial charge in [0.2, 0.25) is 0 Å². The summed E-state index contributed by atoms with van der Waals surface area (Å²) in [5, 5.41) is 5.04. The second-order valence-electron chi connectivity index (χ2n) is 6.15. The first-order chi connectivity index (χ1) is 12.4. The third kappa shape index (κ3) is 6.40. The summed E-state index contributed by atoms with van der Waals surface area (Å²) in [5.74, 6) is 0.195. The first kappa shape index (κ1) is 20.4. The number of carbonyl (C=O) groups is 1. The first-order valence-electron chi connectivity index (χ1n) is 8.90. The maximum Gasteiger partial charge on any atom is 0.416 e. The van der Waals surface area contributed by atoms with Crippen LogP contribution in [0.15, 0.2) is 18.2 Å². The Labute approximate surface area is 151 Å². The Morgan fingerprint density at radius 3 is 2.65 bits per heavy atom. The molecular weight excluding hydrogens is 349 g/mol. The molecule has 1 aromatic rings. The maximum absolute atomic E-state index is 12.9. The number of carbonyl (C=O) groups excluding carboxylic acids is 1. The van der Waals surface area contributed by atoms with Gasteiger partial charge in [-0.05, 0) is 44.4 Å². The van der Waals surface area contributed by atoms with Crippen LogP contribution in [0.25, 0.3) is 0 Å². The van der Waals surface area contributed by atoms with Gasteiger partial charge in [-0.25, -0.2) is 4.79 Å². The molecule has 2 amide bonds. The second-order valence-corrected chi connectivity index (χ2v) is 6.15. The van der Waals surface area contributed by atoms with Gasteiger partial charge in [-0.2, -0.15) is 13.2 Å². The van der Waals surface area contributed by atoms with Crippen LogP contribution in [0.1, 0.15) is 44.6 Å². The molecule has 0 radical (unpaired) electrons. The number of rotatable bonds is 8. The van der Waals surface area contributed by atoms with E-state index in [0.29, 0.717) is 25.7 Å². The van der Waals surface area contributed by atoms with Gasteiger partial charge >= 0.3 is 12.2 Å². The lowest BCUT2D eigenvalue weighted by atomic mass is 10.2. The zero-order chi connectivity index (χ0) is 19.0. The van der Waals surface area contributed by atoms with Gasteiger partial charge in [-0.15, -0.1) is 0 Å². The number of nitrogens with one attached hydrogen (secondary N) is 2. The number of hydrogen-bond donors (Lipinski definition) is 2. The zero-order valence-electron chi connectivity index (χ0n) is 14.8. The van der Waals surface area contributed by atoms with Gasteiger partial charge in [0.05, 0.1) is 24.0 Å². The lowest BCUT2D eigenvalue weighted by molar-refractivity contribution is -0.137. The van der Waals surface area contributed by atoms with E-state index in [2.05, 4.69) is 10.6 Å². The Hall–Kier alpha value is -1.96. The average Bonchev–Trinajstić information content (AvgIpc) is 3.09. The van der Waals surface area contributed by atoms with Gasteiger partial charge < -0.3 is 20.1 Å². The third-order valence-corrected chi connectivity index (χ3v) is 4.12. The minimum Gasteiger partial charge on any atom is -0.492 e. The van der Waals surface area contributed by atoms with Crippen molar-refractivity contribution in [3.63, 3.8) is 0 Å². The standard InChI is InChI=1S/C18H25F3N2O3/c1-2-25-16-9-8-13(18(19,20)21)12-15(16)23-17(24)22-10-5-11-26-14-6-3-4-7-14/h8-9,12,14H,2-7,10-11H2,1H3,(H2,22,23,24). The van der Waals surface area contributed by atoms with Crippen LogP contribution in [-0.4, -0.2) is 31.9 Å². The molecular formula is C18H25F3N2O3. The first-order valence-corrected chi connectivity index (χ1v) is 8.90. The van der Waals surface area contributed by atoms with Crippen LogP contribution in [0.4, 0.5) is 23.7 Å². The summed E-state index contributed by atoms with van der Waals surface area (Å²) in [6.07, 6.45) is 1.05. The summed E-state index contributed by atoms with van der Waals surface area (Å²) in [6.45, 7) is 2.92. The van der Waals surface area contributed by atoms with E-state index in [-0.39, 0.29) is 18.0 Å². The molecule has 26 heavy (non-hydrogen) atoms. The van der Waals surface area contributed by atoms with Gasteiger partial charge in [-0.3, -0.25) is 0 Å². The van der Waals surface area contributed by atoms with Crippen molar-refractivity contribution in [1.82, 2.24) is 5.32 Å². The number of alkyl halides is 3. The maximum atomic E-state index is 12.9. The summed E-state index contributed by atoms with van der Waals surface area (Å²) >= 11 is 0. The van der Waals surface area contributed by atoms with Crippen molar-refractivity contribution in [3.8, 4) is 5.75 Å². The Bertz CT molecular complexity index is 588. The molecule has 146 valence electrons. The van der Waals surface area contributed by atoms with Crippen LogP contribution in [0.5, 0.6) is 5.75 Å². The number of benzene rings is 1. The Kier molecular flexibility index (Phi) is 7.56. The van der Waals surface area contributed by atoms with Crippen LogP contribution >= 0.6 is 0 Å². The highest BCUT2D eigenvalue weighted by molar-refractivity contribution is 5.91. The molecule has 0 atom stereocenters. The van der Waals surface area contributed by atoms with Crippen molar-refractivity contribution in [3.05, 3.63) is 23.8 Å². The van der Waals surface area contributed by atoms with E-state index in [1.807, 2.05) is 0 Å². The fourth-order valence-corrected chi connectivity index (χ4v) is 2.83. The molecule has 0 unspecified atom stereocenters. The molecule has 0 aromatic heterocycles. The molecule has 1 aromatic carbocycles. The molecule has 1 saturated carbocycles. The molecule has 0 heterocycles.